The van der Waals surface area contributed by atoms with Crippen molar-refractivity contribution in [1.82, 2.24) is 4.98 Å². The van der Waals surface area contributed by atoms with E-state index in [0.29, 0.717) is 11.3 Å². The van der Waals surface area contributed by atoms with Gasteiger partial charge in [0.2, 0.25) is 5.95 Å². The average Bonchev–Trinajstić information content (AvgIpc) is 2.40. The zero-order valence-corrected chi connectivity index (χ0v) is 11.1. The predicted molar refractivity (Wildman–Crippen MR) is 71.0 cm³/mol. The number of hydrogen-bond donors (Lipinski definition) is 1. The van der Waals surface area contributed by atoms with Gasteiger partial charge >= 0.3 is 0 Å². The summed E-state index contributed by atoms with van der Waals surface area (Å²) >= 11 is 3.24. The molecule has 0 saturated carbocycles. The fourth-order valence-corrected chi connectivity index (χ4v) is 1.82. The molecule has 1 aromatic heterocycles. The zero-order chi connectivity index (χ0) is 13.8. The van der Waals surface area contributed by atoms with Crippen LogP contribution >= 0.6 is 15.9 Å². The van der Waals surface area contributed by atoms with Crippen molar-refractivity contribution in [3.63, 3.8) is 0 Å². The number of benzene rings is 1. The van der Waals surface area contributed by atoms with Crippen LogP contribution in [-0.2, 0) is 0 Å². The number of nitrogens with zero attached hydrogens (tertiary/aromatic N) is 2. The lowest BCUT2D eigenvalue weighted by atomic mass is 10.2. The molecule has 0 atom stereocenters. The highest BCUT2D eigenvalue weighted by atomic mass is 79.9. The van der Waals surface area contributed by atoms with Gasteiger partial charge in [-0.15, -0.1) is 0 Å². The minimum absolute atomic E-state index is 0.138. The molecule has 2 aromatic rings. The van der Waals surface area contributed by atoms with Crippen LogP contribution in [0.4, 0.5) is 10.1 Å². The lowest BCUT2D eigenvalue weighted by Gasteiger charge is -2.07. The van der Waals surface area contributed by atoms with Crippen molar-refractivity contribution in [2.75, 3.05) is 5.32 Å². The fraction of sp³-hybridized carbons (Fsp3) is 0. The fourth-order valence-electron chi connectivity index (χ4n) is 1.46. The first kappa shape index (κ1) is 13.2. The Morgan fingerprint density at radius 2 is 2.16 bits per heavy atom. The first-order valence-electron chi connectivity index (χ1n) is 5.22. The summed E-state index contributed by atoms with van der Waals surface area (Å²) in [6.07, 6.45) is 1.21. The highest BCUT2D eigenvalue weighted by Gasteiger charge is 2.10. The van der Waals surface area contributed by atoms with E-state index in [9.17, 15) is 9.18 Å². The van der Waals surface area contributed by atoms with E-state index >= 15 is 0 Å². The lowest BCUT2D eigenvalue weighted by molar-refractivity contribution is 0.102. The Hall–Kier alpha value is -2.26. The average molecular weight is 320 g/mol. The quantitative estimate of drug-likeness (QED) is 0.865. The minimum atomic E-state index is -0.732. The maximum absolute atomic E-state index is 12.9. The van der Waals surface area contributed by atoms with Crippen molar-refractivity contribution in [1.29, 1.82) is 5.26 Å². The first-order chi connectivity index (χ1) is 9.10. The van der Waals surface area contributed by atoms with Crippen LogP contribution < -0.4 is 5.32 Å². The van der Waals surface area contributed by atoms with Gasteiger partial charge in [0.1, 0.15) is 6.07 Å². The number of rotatable bonds is 2. The molecule has 0 aliphatic rings. The summed E-state index contributed by atoms with van der Waals surface area (Å²) in [4.78, 5) is 15.3. The number of pyridine rings is 1. The largest absolute Gasteiger partial charge is 0.321 e. The normalized spacial score (nSPS) is 9.74. The van der Waals surface area contributed by atoms with Gasteiger partial charge in [0.15, 0.2) is 0 Å². The molecule has 4 nitrogen and oxygen atoms in total. The molecule has 0 fully saturated rings. The molecule has 1 aromatic carbocycles. The SMILES string of the molecule is N#Cc1cc(Br)ccc1NC(=O)c1ccnc(F)c1. The highest BCUT2D eigenvalue weighted by molar-refractivity contribution is 9.10. The van der Waals surface area contributed by atoms with E-state index in [2.05, 4.69) is 26.2 Å². The maximum atomic E-state index is 12.9. The molecular formula is C13H7BrFN3O. The van der Waals surface area contributed by atoms with Crippen LogP contribution in [0.5, 0.6) is 0 Å². The molecule has 1 amide bonds. The number of aromatic nitrogens is 1. The number of carbonyl (C=O) groups is 1. The van der Waals surface area contributed by atoms with Gasteiger partial charge in [-0.1, -0.05) is 15.9 Å². The van der Waals surface area contributed by atoms with Crippen LogP contribution in [0.3, 0.4) is 0 Å². The summed E-state index contributed by atoms with van der Waals surface area (Å²) < 4.78 is 13.6. The molecule has 1 N–H and O–H groups in total. The summed E-state index contributed by atoms with van der Waals surface area (Å²) in [5.74, 6) is -1.23. The van der Waals surface area contributed by atoms with E-state index in [4.69, 9.17) is 5.26 Å². The Morgan fingerprint density at radius 1 is 1.37 bits per heavy atom. The number of nitriles is 1. The van der Waals surface area contributed by atoms with E-state index in [0.717, 1.165) is 10.5 Å². The summed E-state index contributed by atoms with van der Waals surface area (Å²) in [5.41, 5.74) is 0.824. The van der Waals surface area contributed by atoms with Crippen LogP contribution in [0.15, 0.2) is 41.0 Å². The number of carbonyl (C=O) groups excluding carboxylic acids is 1. The number of anilines is 1. The van der Waals surface area contributed by atoms with Gasteiger partial charge in [-0.25, -0.2) is 4.98 Å². The third-order valence-electron chi connectivity index (χ3n) is 2.34. The summed E-state index contributed by atoms with van der Waals surface area (Å²) in [6, 6.07) is 9.27. The van der Waals surface area contributed by atoms with Gasteiger partial charge in [0.05, 0.1) is 11.3 Å². The Bertz CT molecular complexity index is 682. The maximum Gasteiger partial charge on any atom is 0.255 e. The van der Waals surface area contributed by atoms with E-state index in [1.54, 1.807) is 18.2 Å². The van der Waals surface area contributed by atoms with E-state index < -0.39 is 11.9 Å². The van der Waals surface area contributed by atoms with Crippen LogP contribution in [-0.4, -0.2) is 10.9 Å². The topological polar surface area (TPSA) is 65.8 Å². The Morgan fingerprint density at radius 3 is 2.84 bits per heavy atom. The zero-order valence-electron chi connectivity index (χ0n) is 9.52. The third-order valence-corrected chi connectivity index (χ3v) is 2.83. The molecule has 0 aliphatic carbocycles. The van der Waals surface area contributed by atoms with Gasteiger partial charge in [-0.2, -0.15) is 9.65 Å². The number of halogens is 2. The molecule has 0 saturated heterocycles. The lowest BCUT2D eigenvalue weighted by Crippen LogP contribution is -2.13. The van der Waals surface area contributed by atoms with Gasteiger partial charge in [-0.05, 0) is 24.3 Å². The van der Waals surface area contributed by atoms with Gasteiger partial charge in [0.25, 0.3) is 5.91 Å². The molecule has 94 valence electrons. The van der Waals surface area contributed by atoms with Crippen molar-refractivity contribution in [2.45, 2.75) is 0 Å². The second kappa shape index (κ2) is 5.59. The number of hydrogen-bond acceptors (Lipinski definition) is 3. The molecule has 6 heteroatoms. The summed E-state index contributed by atoms with van der Waals surface area (Å²) in [5, 5.41) is 11.5. The van der Waals surface area contributed by atoms with Crippen molar-refractivity contribution in [2.24, 2.45) is 0 Å². The number of nitrogens with one attached hydrogen (secondary N) is 1. The van der Waals surface area contributed by atoms with Gasteiger partial charge < -0.3 is 5.32 Å². The Balaban J connectivity index is 2.27. The highest BCUT2D eigenvalue weighted by Crippen LogP contribution is 2.20. The predicted octanol–water partition coefficient (Wildman–Crippen LogP) is 3.11. The van der Waals surface area contributed by atoms with Crippen LogP contribution in [0.1, 0.15) is 15.9 Å². The van der Waals surface area contributed by atoms with E-state index in [1.807, 2.05) is 6.07 Å². The summed E-state index contributed by atoms with van der Waals surface area (Å²) in [6.45, 7) is 0. The smallest absolute Gasteiger partial charge is 0.255 e. The molecule has 0 bridgehead atoms. The molecule has 19 heavy (non-hydrogen) atoms. The van der Waals surface area contributed by atoms with E-state index in [-0.39, 0.29) is 5.56 Å². The van der Waals surface area contributed by atoms with Crippen LogP contribution in [0, 0.1) is 17.3 Å². The van der Waals surface area contributed by atoms with Crippen LogP contribution in [0.25, 0.3) is 0 Å². The molecule has 0 radical (unpaired) electrons. The van der Waals surface area contributed by atoms with Crippen molar-refractivity contribution in [3.8, 4) is 6.07 Å². The molecule has 0 unspecified atom stereocenters. The standard InChI is InChI=1S/C13H7BrFN3O/c14-10-1-2-11(9(5-10)7-16)18-13(19)8-3-4-17-12(15)6-8/h1-6H,(H,18,19). The second-order valence-corrected chi connectivity index (χ2v) is 4.54. The molecule has 0 spiro atoms. The molecule has 1 heterocycles. The first-order valence-corrected chi connectivity index (χ1v) is 6.02. The molecular weight excluding hydrogens is 313 g/mol. The van der Waals surface area contributed by atoms with Crippen molar-refractivity contribution in [3.05, 3.63) is 58.1 Å². The summed E-state index contributed by atoms with van der Waals surface area (Å²) in [7, 11) is 0. The Kier molecular flexibility index (Phi) is 3.88. The second-order valence-electron chi connectivity index (χ2n) is 3.62. The Labute approximate surface area is 117 Å². The van der Waals surface area contributed by atoms with Crippen molar-refractivity contribution < 1.29 is 9.18 Å². The van der Waals surface area contributed by atoms with Gasteiger partial charge in [0, 0.05) is 22.3 Å². The van der Waals surface area contributed by atoms with Gasteiger partial charge in [-0.3, -0.25) is 4.79 Å². The van der Waals surface area contributed by atoms with Crippen LogP contribution in [0.2, 0.25) is 0 Å². The number of amides is 1. The van der Waals surface area contributed by atoms with E-state index in [1.165, 1.54) is 12.3 Å². The van der Waals surface area contributed by atoms with Crippen molar-refractivity contribution >= 4 is 27.5 Å². The molecule has 2 rings (SSSR count). The third kappa shape index (κ3) is 3.14. The minimum Gasteiger partial charge on any atom is -0.321 e. The molecule has 0 aliphatic heterocycles. The monoisotopic (exact) mass is 319 g/mol.